The zero-order valence-electron chi connectivity index (χ0n) is 11.8. The zero-order chi connectivity index (χ0) is 15.2. The van der Waals surface area contributed by atoms with Crippen LogP contribution in [0, 0.1) is 0 Å². The normalized spacial score (nSPS) is 21.5. The highest BCUT2D eigenvalue weighted by Crippen LogP contribution is 2.22. The molecule has 0 atom stereocenters. The molecule has 4 N–H and O–H groups in total. The predicted molar refractivity (Wildman–Crippen MR) is 76.4 cm³/mol. The molecule has 114 valence electrons. The molecule has 0 bridgehead atoms. The Kier molecular flexibility index (Phi) is 4.99. The van der Waals surface area contributed by atoms with E-state index in [2.05, 4.69) is 10.5 Å². The number of methoxy groups -OCH3 is 1. The predicted octanol–water partition coefficient (Wildman–Crippen LogP) is 0.454. The fraction of sp³-hybridized carbons (Fsp3) is 0.429. The van der Waals surface area contributed by atoms with Crippen molar-refractivity contribution in [3.8, 4) is 5.75 Å². The Bertz CT molecular complexity index is 509. The van der Waals surface area contributed by atoms with E-state index >= 15 is 0 Å². The molecular formula is C14H19N3O4. The third-order valence-electron chi connectivity index (χ3n) is 3.42. The average Bonchev–Trinajstić information content (AvgIpc) is 2.48. The van der Waals surface area contributed by atoms with Crippen molar-refractivity contribution in [3.63, 3.8) is 0 Å². The standard InChI is InChI=1S/C14H19N3O4/c1-20-12-6-10(7-12)16-13(18)8-21-11-4-2-9(3-5-11)14(15)17-19/h2-5,10,12,19H,6-8H2,1H3,(H2,15,17)(H,16,18). The number of oxime groups is 1. The molecule has 1 saturated carbocycles. The van der Waals surface area contributed by atoms with Crippen LogP contribution < -0.4 is 15.8 Å². The van der Waals surface area contributed by atoms with Crippen molar-refractivity contribution in [1.82, 2.24) is 5.32 Å². The summed E-state index contributed by atoms with van der Waals surface area (Å²) in [5.74, 6) is 0.412. The number of amides is 1. The molecule has 0 saturated heterocycles. The summed E-state index contributed by atoms with van der Waals surface area (Å²) in [4.78, 5) is 11.7. The maximum atomic E-state index is 11.7. The molecular weight excluding hydrogens is 274 g/mol. The van der Waals surface area contributed by atoms with Gasteiger partial charge in [0.05, 0.1) is 6.10 Å². The first-order chi connectivity index (χ1) is 10.1. The van der Waals surface area contributed by atoms with Gasteiger partial charge in [0.25, 0.3) is 5.91 Å². The number of amidine groups is 1. The van der Waals surface area contributed by atoms with Crippen LogP contribution in [0.1, 0.15) is 18.4 Å². The molecule has 0 spiro atoms. The van der Waals surface area contributed by atoms with Gasteiger partial charge in [-0.25, -0.2) is 0 Å². The number of nitrogens with one attached hydrogen (secondary N) is 1. The first kappa shape index (κ1) is 15.1. The summed E-state index contributed by atoms with van der Waals surface area (Å²) in [5.41, 5.74) is 6.03. The van der Waals surface area contributed by atoms with E-state index in [-0.39, 0.29) is 30.5 Å². The van der Waals surface area contributed by atoms with Crippen LogP contribution in [0.25, 0.3) is 0 Å². The van der Waals surface area contributed by atoms with E-state index in [9.17, 15) is 4.79 Å². The summed E-state index contributed by atoms with van der Waals surface area (Å²) in [7, 11) is 1.67. The Morgan fingerprint density at radius 2 is 2.10 bits per heavy atom. The maximum Gasteiger partial charge on any atom is 0.258 e. The second kappa shape index (κ2) is 6.94. The van der Waals surface area contributed by atoms with Crippen LogP contribution >= 0.6 is 0 Å². The topological polar surface area (TPSA) is 106 Å². The minimum atomic E-state index is -0.157. The Balaban J connectivity index is 1.74. The summed E-state index contributed by atoms with van der Waals surface area (Å²) in [5, 5.41) is 14.3. The minimum absolute atomic E-state index is 0.0250. The second-order valence-electron chi connectivity index (χ2n) is 4.89. The van der Waals surface area contributed by atoms with Crippen LogP contribution in [0.3, 0.4) is 0 Å². The Labute approximate surface area is 122 Å². The fourth-order valence-corrected chi connectivity index (χ4v) is 2.07. The lowest BCUT2D eigenvalue weighted by Crippen LogP contribution is -2.48. The molecule has 7 nitrogen and oxygen atoms in total. The molecule has 21 heavy (non-hydrogen) atoms. The average molecular weight is 293 g/mol. The molecule has 1 aromatic carbocycles. The lowest BCUT2D eigenvalue weighted by Gasteiger charge is -2.34. The van der Waals surface area contributed by atoms with Crippen molar-refractivity contribution in [2.75, 3.05) is 13.7 Å². The van der Waals surface area contributed by atoms with Gasteiger partial charge in [0.2, 0.25) is 0 Å². The van der Waals surface area contributed by atoms with Crippen molar-refractivity contribution >= 4 is 11.7 Å². The van der Waals surface area contributed by atoms with Gasteiger partial charge in [-0.1, -0.05) is 5.16 Å². The lowest BCUT2D eigenvalue weighted by molar-refractivity contribution is -0.125. The van der Waals surface area contributed by atoms with Gasteiger partial charge in [-0.05, 0) is 37.1 Å². The van der Waals surface area contributed by atoms with Crippen molar-refractivity contribution in [2.45, 2.75) is 25.0 Å². The largest absolute Gasteiger partial charge is 0.484 e. The van der Waals surface area contributed by atoms with Crippen LogP contribution in [0.4, 0.5) is 0 Å². The van der Waals surface area contributed by atoms with Gasteiger partial charge in [-0.15, -0.1) is 0 Å². The van der Waals surface area contributed by atoms with Gasteiger partial charge in [0, 0.05) is 18.7 Å². The molecule has 0 unspecified atom stereocenters. The first-order valence-corrected chi connectivity index (χ1v) is 6.65. The highest BCUT2D eigenvalue weighted by atomic mass is 16.5. The number of carbonyl (C=O) groups excluding carboxylic acids is 1. The molecule has 0 radical (unpaired) electrons. The third-order valence-corrected chi connectivity index (χ3v) is 3.42. The summed E-state index contributed by atoms with van der Waals surface area (Å²) in [6.45, 7) is -0.0446. The second-order valence-corrected chi connectivity index (χ2v) is 4.89. The number of benzene rings is 1. The van der Waals surface area contributed by atoms with E-state index in [0.717, 1.165) is 12.8 Å². The van der Waals surface area contributed by atoms with Gasteiger partial charge in [-0.2, -0.15) is 0 Å². The molecule has 0 aromatic heterocycles. The number of nitrogens with two attached hydrogens (primary N) is 1. The highest BCUT2D eigenvalue weighted by Gasteiger charge is 2.29. The van der Waals surface area contributed by atoms with Crippen molar-refractivity contribution in [1.29, 1.82) is 0 Å². The molecule has 1 aliphatic rings. The Morgan fingerprint density at radius 1 is 1.43 bits per heavy atom. The summed E-state index contributed by atoms with van der Waals surface area (Å²) >= 11 is 0. The molecule has 1 aromatic rings. The van der Waals surface area contributed by atoms with Gasteiger partial charge >= 0.3 is 0 Å². The van der Waals surface area contributed by atoms with Gasteiger partial charge in [0.15, 0.2) is 12.4 Å². The number of rotatable bonds is 6. The van der Waals surface area contributed by atoms with E-state index in [1.54, 1.807) is 31.4 Å². The van der Waals surface area contributed by atoms with E-state index < -0.39 is 0 Å². The summed E-state index contributed by atoms with van der Waals surface area (Å²) < 4.78 is 10.5. The van der Waals surface area contributed by atoms with Crippen LogP contribution in [-0.4, -0.2) is 42.8 Å². The van der Waals surface area contributed by atoms with Gasteiger partial charge < -0.3 is 25.7 Å². The molecule has 0 heterocycles. The third kappa shape index (κ3) is 4.09. The Morgan fingerprint density at radius 3 is 2.67 bits per heavy atom. The molecule has 1 amide bonds. The van der Waals surface area contributed by atoms with Crippen LogP contribution in [-0.2, 0) is 9.53 Å². The number of hydrogen-bond donors (Lipinski definition) is 3. The smallest absolute Gasteiger partial charge is 0.258 e. The number of hydrogen-bond acceptors (Lipinski definition) is 5. The van der Waals surface area contributed by atoms with Crippen molar-refractivity contribution < 1.29 is 19.5 Å². The lowest BCUT2D eigenvalue weighted by atomic mass is 9.89. The van der Waals surface area contributed by atoms with E-state index in [1.807, 2.05) is 0 Å². The highest BCUT2D eigenvalue weighted by molar-refractivity contribution is 5.97. The molecule has 7 heteroatoms. The minimum Gasteiger partial charge on any atom is -0.484 e. The number of ether oxygens (including phenoxy) is 2. The van der Waals surface area contributed by atoms with Crippen LogP contribution in [0.5, 0.6) is 5.75 Å². The van der Waals surface area contributed by atoms with Crippen LogP contribution in [0.15, 0.2) is 29.4 Å². The van der Waals surface area contributed by atoms with Crippen molar-refractivity contribution in [3.05, 3.63) is 29.8 Å². The SMILES string of the molecule is COC1CC(NC(=O)COc2ccc(/C(N)=N/O)cc2)C1. The molecule has 0 aliphatic heterocycles. The fourth-order valence-electron chi connectivity index (χ4n) is 2.07. The first-order valence-electron chi connectivity index (χ1n) is 6.65. The summed E-state index contributed by atoms with van der Waals surface area (Å²) in [6.07, 6.45) is 1.94. The Hall–Kier alpha value is -2.28. The van der Waals surface area contributed by atoms with Gasteiger partial charge in [0.1, 0.15) is 5.75 Å². The van der Waals surface area contributed by atoms with E-state index in [1.165, 1.54) is 0 Å². The van der Waals surface area contributed by atoms with Gasteiger partial charge in [-0.3, -0.25) is 4.79 Å². The number of carbonyl (C=O) groups is 1. The molecule has 2 rings (SSSR count). The maximum absolute atomic E-state index is 11.7. The van der Waals surface area contributed by atoms with E-state index in [0.29, 0.717) is 11.3 Å². The zero-order valence-corrected chi connectivity index (χ0v) is 11.8. The van der Waals surface area contributed by atoms with E-state index in [4.69, 9.17) is 20.4 Å². The monoisotopic (exact) mass is 293 g/mol. The van der Waals surface area contributed by atoms with Crippen LogP contribution in [0.2, 0.25) is 0 Å². The molecule has 1 fully saturated rings. The summed E-state index contributed by atoms with van der Waals surface area (Å²) in [6, 6.07) is 6.79. The molecule has 1 aliphatic carbocycles. The van der Waals surface area contributed by atoms with Crippen molar-refractivity contribution in [2.24, 2.45) is 10.9 Å². The quantitative estimate of drug-likeness (QED) is 0.306. The number of nitrogens with zero attached hydrogens (tertiary/aromatic N) is 1.